The topological polar surface area (TPSA) is 64.3 Å². The normalized spacial score (nSPS) is 12.3. The van der Waals surface area contributed by atoms with Crippen LogP contribution in [0.3, 0.4) is 0 Å². The van der Waals surface area contributed by atoms with Crippen molar-refractivity contribution in [3.8, 4) is 5.75 Å². The number of benzene rings is 1. The maximum atomic E-state index is 11.8. The summed E-state index contributed by atoms with van der Waals surface area (Å²) >= 11 is 6.03. The van der Waals surface area contributed by atoms with Gasteiger partial charge < -0.3 is 15.8 Å². The molecule has 0 fully saturated rings. The van der Waals surface area contributed by atoms with Crippen LogP contribution in [0.4, 0.5) is 0 Å². The molecular weight excluding hydrogens is 264 g/mol. The molecule has 4 nitrogen and oxygen atoms in total. The van der Waals surface area contributed by atoms with Crippen molar-refractivity contribution in [3.63, 3.8) is 0 Å². The Morgan fingerprint density at radius 1 is 1.42 bits per heavy atom. The van der Waals surface area contributed by atoms with E-state index in [2.05, 4.69) is 5.32 Å². The van der Waals surface area contributed by atoms with Gasteiger partial charge in [-0.15, -0.1) is 0 Å². The molecule has 1 rings (SSSR count). The van der Waals surface area contributed by atoms with Gasteiger partial charge in [0.2, 0.25) is 0 Å². The molecule has 0 aliphatic heterocycles. The molecule has 1 aromatic rings. The van der Waals surface area contributed by atoms with Gasteiger partial charge in [-0.3, -0.25) is 4.79 Å². The number of carbonyl (C=O) groups is 1. The summed E-state index contributed by atoms with van der Waals surface area (Å²) in [7, 11) is 0. The highest BCUT2D eigenvalue weighted by Gasteiger charge is 2.16. The molecule has 0 heterocycles. The Morgan fingerprint density at radius 2 is 2.11 bits per heavy atom. The molecular formula is C14H21ClN2O2. The summed E-state index contributed by atoms with van der Waals surface area (Å²) in [6, 6.07) is 5.29. The lowest BCUT2D eigenvalue weighted by Gasteiger charge is -2.18. The molecule has 0 spiro atoms. The van der Waals surface area contributed by atoms with Gasteiger partial charge in [-0.25, -0.2) is 0 Å². The van der Waals surface area contributed by atoms with Crippen molar-refractivity contribution >= 4 is 17.5 Å². The highest BCUT2D eigenvalue weighted by Crippen LogP contribution is 2.26. The Hall–Kier alpha value is -1.26. The largest absolute Gasteiger partial charge is 0.481 e. The molecule has 5 heteroatoms. The zero-order valence-corrected chi connectivity index (χ0v) is 12.3. The number of carbonyl (C=O) groups excluding carboxylic acids is 1. The summed E-state index contributed by atoms with van der Waals surface area (Å²) < 4.78 is 5.63. The highest BCUT2D eigenvalue weighted by atomic mass is 35.5. The van der Waals surface area contributed by atoms with Gasteiger partial charge in [-0.2, -0.15) is 0 Å². The third kappa shape index (κ3) is 4.73. The van der Waals surface area contributed by atoms with Gasteiger partial charge in [0, 0.05) is 23.7 Å². The number of amides is 1. The van der Waals surface area contributed by atoms with Crippen molar-refractivity contribution in [2.45, 2.75) is 33.4 Å². The van der Waals surface area contributed by atoms with Crippen molar-refractivity contribution in [2.75, 3.05) is 6.54 Å². The fraction of sp³-hybridized carbons (Fsp3) is 0.500. The van der Waals surface area contributed by atoms with E-state index in [4.69, 9.17) is 22.1 Å². The second kappa shape index (κ2) is 7.36. The fourth-order valence-electron chi connectivity index (χ4n) is 1.54. The van der Waals surface area contributed by atoms with Gasteiger partial charge in [-0.05, 0) is 25.0 Å². The van der Waals surface area contributed by atoms with Crippen LogP contribution < -0.4 is 15.8 Å². The monoisotopic (exact) mass is 284 g/mol. The van der Waals surface area contributed by atoms with E-state index in [1.54, 1.807) is 25.1 Å². The molecule has 0 saturated heterocycles. The summed E-state index contributed by atoms with van der Waals surface area (Å²) in [4.78, 5) is 11.8. The first-order valence-corrected chi connectivity index (χ1v) is 6.75. The van der Waals surface area contributed by atoms with E-state index < -0.39 is 6.10 Å². The number of halogens is 1. The van der Waals surface area contributed by atoms with Crippen molar-refractivity contribution in [3.05, 3.63) is 28.8 Å². The summed E-state index contributed by atoms with van der Waals surface area (Å²) in [5.41, 5.74) is 6.35. The van der Waals surface area contributed by atoms with Crippen molar-refractivity contribution < 1.29 is 9.53 Å². The Morgan fingerprint density at radius 3 is 2.68 bits per heavy atom. The minimum atomic E-state index is -0.581. The van der Waals surface area contributed by atoms with Crippen LogP contribution in [0.5, 0.6) is 5.75 Å². The Kier molecular flexibility index (Phi) is 6.12. The lowest BCUT2D eigenvalue weighted by Crippen LogP contribution is -2.38. The Bertz CT molecular complexity index is 435. The summed E-state index contributed by atoms with van der Waals surface area (Å²) in [5, 5.41) is 3.38. The molecule has 0 aliphatic rings. The number of hydrogen-bond acceptors (Lipinski definition) is 3. The molecule has 0 bridgehead atoms. The van der Waals surface area contributed by atoms with Crippen LogP contribution in [0.2, 0.25) is 5.02 Å². The predicted molar refractivity (Wildman–Crippen MR) is 77.3 cm³/mol. The lowest BCUT2D eigenvalue weighted by atomic mass is 10.2. The van der Waals surface area contributed by atoms with Crippen LogP contribution in [-0.2, 0) is 11.3 Å². The van der Waals surface area contributed by atoms with Gasteiger partial charge in [-0.1, -0.05) is 31.5 Å². The fourth-order valence-corrected chi connectivity index (χ4v) is 1.78. The first kappa shape index (κ1) is 15.8. The number of nitrogens with one attached hydrogen (secondary N) is 1. The first-order chi connectivity index (χ1) is 8.95. The number of nitrogens with two attached hydrogens (primary N) is 1. The van der Waals surface area contributed by atoms with Gasteiger partial charge in [0.25, 0.3) is 5.91 Å². The SMILES string of the molecule is CC(C)CNC(=O)C(C)Oc1cccc(Cl)c1CN. The third-order valence-corrected chi connectivity index (χ3v) is 2.99. The quantitative estimate of drug-likeness (QED) is 0.843. The molecule has 1 aromatic carbocycles. The molecule has 1 unspecified atom stereocenters. The molecule has 3 N–H and O–H groups in total. The predicted octanol–water partition coefficient (Wildman–Crippen LogP) is 2.34. The van der Waals surface area contributed by atoms with E-state index in [9.17, 15) is 4.79 Å². The maximum absolute atomic E-state index is 11.8. The molecule has 0 aliphatic carbocycles. The summed E-state index contributed by atoms with van der Waals surface area (Å²) in [6.07, 6.45) is -0.581. The molecule has 1 amide bonds. The molecule has 19 heavy (non-hydrogen) atoms. The molecule has 0 saturated carbocycles. The Labute approximate surface area is 119 Å². The van der Waals surface area contributed by atoms with E-state index in [0.717, 1.165) is 0 Å². The molecule has 1 atom stereocenters. The van der Waals surface area contributed by atoms with Crippen molar-refractivity contribution in [2.24, 2.45) is 11.7 Å². The van der Waals surface area contributed by atoms with E-state index in [-0.39, 0.29) is 12.5 Å². The lowest BCUT2D eigenvalue weighted by molar-refractivity contribution is -0.127. The maximum Gasteiger partial charge on any atom is 0.260 e. The molecule has 0 radical (unpaired) electrons. The van der Waals surface area contributed by atoms with Gasteiger partial charge >= 0.3 is 0 Å². The zero-order valence-electron chi connectivity index (χ0n) is 11.6. The van der Waals surface area contributed by atoms with E-state index in [1.165, 1.54) is 0 Å². The van der Waals surface area contributed by atoms with Crippen LogP contribution in [0.15, 0.2) is 18.2 Å². The molecule has 106 valence electrons. The van der Waals surface area contributed by atoms with Crippen LogP contribution in [0.1, 0.15) is 26.3 Å². The summed E-state index contributed by atoms with van der Waals surface area (Å²) in [6.45, 7) is 6.68. The van der Waals surface area contributed by atoms with Gasteiger partial charge in [0.15, 0.2) is 6.10 Å². The molecule has 0 aromatic heterocycles. The number of ether oxygens (including phenoxy) is 1. The minimum Gasteiger partial charge on any atom is -0.481 e. The number of hydrogen-bond donors (Lipinski definition) is 2. The smallest absolute Gasteiger partial charge is 0.260 e. The first-order valence-electron chi connectivity index (χ1n) is 6.37. The van der Waals surface area contributed by atoms with Gasteiger partial charge in [0.1, 0.15) is 5.75 Å². The van der Waals surface area contributed by atoms with E-state index in [0.29, 0.717) is 28.8 Å². The third-order valence-electron chi connectivity index (χ3n) is 2.64. The van der Waals surface area contributed by atoms with E-state index >= 15 is 0 Å². The highest BCUT2D eigenvalue weighted by molar-refractivity contribution is 6.31. The second-order valence-corrected chi connectivity index (χ2v) is 5.23. The standard InChI is InChI=1S/C14H21ClN2O2/c1-9(2)8-17-14(18)10(3)19-13-6-4-5-12(15)11(13)7-16/h4-6,9-10H,7-8,16H2,1-3H3,(H,17,18). The minimum absolute atomic E-state index is 0.142. The average Bonchev–Trinajstić information content (AvgIpc) is 2.36. The Balaban J connectivity index is 2.69. The second-order valence-electron chi connectivity index (χ2n) is 4.82. The average molecular weight is 285 g/mol. The van der Waals surface area contributed by atoms with Crippen LogP contribution in [0.25, 0.3) is 0 Å². The van der Waals surface area contributed by atoms with Crippen LogP contribution >= 0.6 is 11.6 Å². The van der Waals surface area contributed by atoms with Crippen LogP contribution in [0, 0.1) is 5.92 Å². The van der Waals surface area contributed by atoms with Crippen molar-refractivity contribution in [1.29, 1.82) is 0 Å². The van der Waals surface area contributed by atoms with E-state index in [1.807, 2.05) is 13.8 Å². The van der Waals surface area contributed by atoms with Gasteiger partial charge in [0.05, 0.1) is 0 Å². The summed E-state index contributed by atoms with van der Waals surface area (Å²) in [5.74, 6) is 0.820. The van der Waals surface area contributed by atoms with Crippen LogP contribution in [-0.4, -0.2) is 18.6 Å². The number of rotatable bonds is 6. The van der Waals surface area contributed by atoms with Crippen molar-refractivity contribution in [1.82, 2.24) is 5.32 Å². The zero-order chi connectivity index (χ0) is 14.4.